The monoisotopic (exact) mass is 525 g/mol. The summed E-state index contributed by atoms with van der Waals surface area (Å²) in [5.74, 6) is 2.02. The second-order valence-electron chi connectivity index (χ2n) is 9.77. The maximum atomic E-state index is 9.61. The second kappa shape index (κ2) is 10.3. The van der Waals surface area contributed by atoms with Crippen molar-refractivity contribution in [2.24, 2.45) is 11.8 Å². The molecular weight excluding hydrogens is 497 g/mol. The fourth-order valence-corrected chi connectivity index (χ4v) is 5.84. The van der Waals surface area contributed by atoms with Gasteiger partial charge in [0.1, 0.15) is 17.4 Å². The number of anilines is 1. The van der Waals surface area contributed by atoms with Crippen molar-refractivity contribution in [3.8, 4) is 6.07 Å². The van der Waals surface area contributed by atoms with Crippen LogP contribution < -0.4 is 4.90 Å². The molecule has 2 aliphatic rings. The number of nitrogens with zero attached hydrogens (tertiary/aromatic N) is 7. The number of aliphatic hydroxyl groups excluding tert-OH is 1. The lowest BCUT2D eigenvalue weighted by atomic mass is 9.80. The summed E-state index contributed by atoms with van der Waals surface area (Å²) in [6.07, 6.45) is 4.99. The number of piperidine rings is 1. The lowest BCUT2D eigenvalue weighted by Crippen LogP contribution is -2.54. The maximum absolute atomic E-state index is 9.61. The van der Waals surface area contributed by atoms with Gasteiger partial charge in [-0.05, 0) is 62.8 Å². The number of benzene rings is 1. The van der Waals surface area contributed by atoms with E-state index in [2.05, 4.69) is 39.5 Å². The van der Waals surface area contributed by atoms with Crippen molar-refractivity contribution in [2.45, 2.75) is 32.2 Å². The Morgan fingerprint density at radius 2 is 2.08 bits per heavy atom. The van der Waals surface area contributed by atoms with Crippen LogP contribution in [-0.4, -0.2) is 68.6 Å². The van der Waals surface area contributed by atoms with Gasteiger partial charge in [0.25, 0.3) is 0 Å². The van der Waals surface area contributed by atoms with Crippen molar-refractivity contribution in [1.29, 1.82) is 5.26 Å². The van der Waals surface area contributed by atoms with Crippen LogP contribution in [0.2, 0.25) is 10.0 Å². The van der Waals surface area contributed by atoms with Gasteiger partial charge in [0.15, 0.2) is 11.3 Å². The molecule has 0 unspecified atom stereocenters. The van der Waals surface area contributed by atoms with E-state index in [1.165, 1.54) is 12.8 Å². The Kier molecular flexibility index (Phi) is 7.18. The molecular formula is C26H29Cl2N7O. The summed E-state index contributed by atoms with van der Waals surface area (Å²) >= 11 is 12.5. The molecule has 2 aromatic heterocycles. The number of aromatic nitrogens is 4. The Labute approximate surface area is 220 Å². The van der Waals surface area contributed by atoms with Crippen LogP contribution in [0.1, 0.15) is 37.4 Å². The molecule has 0 aliphatic carbocycles. The highest BCUT2D eigenvalue weighted by molar-refractivity contribution is 6.35. The van der Waals surface area contributed by atoms with Crippen molar-refractivity contribution in [2.75, 3.05) is 37.7 Å². The largest absolute Gasteiger partial charge is 0.396 e. The summed E-state index contributed by atoms with van der Waals surface area (Å²) in [7, 11) is 0. The number of likely N-dealkylation sites (tertiary alicyclic amines) is 1. The number of nitriles is 1. The van der Waals surface area contributed by atoms with E-state index < -0.39 is 0 Å². The SMILES string of the molecule is C=C(c1ccc(Cl)cc1Cl)n1nc(C#N)c2ncc(N3CC([C@H]4CCCN([C@H](C)CCO)C4)C3)nc21. The zero-order valence-electron chi connectivity index (χ0n) is 20.2. The summed E-state index contributed by atoms with van der Waals surface area (Å²) in [5, 5.41) is 24.3. The van der Waals surface area contributed by atoms with E-state index in [1.807, 2.05) is 0 Å². The van der Waals surface area contributed by atoms with E-state index in [9.17, 15) is 10.4 Å². The van der Waals surface area contributed by atoms with Crippen LogP contribution in [0, 0.1) is 23.2 Å². The molecule has 4 heterocycles. The van der Waals surface area contributed by atoms with Crippen LogP contribution in [0.3, 0.4) is 0 Å². The summed E-state index contributed by atoms with van der Waals surface area (Å²) < 4.78 is 1.54. The molecule has 2 fully saturated rings. The standard InChI is InChI=1S/C26H29Cl2N7O/c1-16(7-9-36)33-8-3-4-18(13-33)19-14-34(15-19)24-12-30-25-23(11-29)32-35(26(25)31-24)17(2)21-6-5-20(27)10-22(21)28/h5-6,10,12,16,18-19,36H,2-4,7-9,13-15H2,1H3/t16-,18+/m1/s1. The molecule has 0 amide bonds. The van der Waals surface area contributed by atoms with Crippen molar-refractivity contribution in [1.82, 2.24) is 24.6 Å². The molecule has 10 heteroatoms. The quantitative estimate of drug-likeness (QED) is 0.487. The third-order valence-corrected chi connectivity index (χ3v) is 8.08. The fraction of sp³-hybridized carbons (Fsp3) is 0.462. The van der Waals surface area contributed by atoms with Gasteiger partial charge in [0.05, 0.1) is 16.9 Å². The highest BCUT2D eigenvalue weighted by Crippen LogP contribution is 2.35. The van der Waals surface area contributed by atoms with Gasteiger partial charge in [0, 0.05) is 42.9 Å². The van der Waals surface area contributed by atoms with Crippen molar-refractivity contribution >= 4 is 45.9 Å². The lowest BCUT2D eigenvalue weighted by Gasteiger charge is -2.48. The van der Waals surface area contributed by atoms with Crippen LogP contribution in [0.15, 0.2) is 31.0 Å². The molecule has 0 spiro atoms. The van der Waals surface area contributed by atoms with E-state index in [-0.39, 0.29) is 12.3 Å². The van der Waals surface area contributed by atoms with Crippen molar-refractivity contribution in [3.05, 3.63) is 52.3 Å². The molecule has 0 saturated carbocycles. The topological polar surface area (TPSA) is 94.1 Å². The number of fused-ring (bicyclic) bond motifs is 1. The fourth-order valence-electron chi connectivity index (χ4n) is 5.33. The first-order valence-corrected chi connectivity index (χ1v) is 13.1. The Hall–Kier alpha value is -2.70. The third kappa shape index (κ3) is 4.69. The molecule has 1 aromatic carbocycles. The molecule has 2 aliphatic heterocycles. The number of halogens is 2. The van der Waals surface area contributed by atoms with Gasteiger partial charge in [0.2, 0.25) is 0 Å². The van der Waals surface area contributed by atoms with E-state index in [1.54, 1.807) is 29.1 Å². The first kappa shape index (κ1) is 25.0. The Morgan fingerprint density at radius 1 is 1.28 bits per heavy atom. The highest BCUT2D eigenvalue weighted by atomic mass is 35.5. The van der Waals surface area contributed by atoms with Crippen LogP contribution >= 0.6 is 23.2 Å². The number of hydrogen-bond acceptors (Lipinski definition) is 7. The van der Waals surface area contributed by atoms with Gasteiger partial charge in [-0.25, -0.2) is 14.6 Å². The molecule has 8 nitrogen and oxygen atoms in total. The van der Waals surface area contributed by atoms with Crippen LogP contribution in [0.4, 0.5) is 5.82 Å². The van der Waals surface area contributed by atoms with Gasteiger partial charge in [-0.3, -0.25) is 0 Å². The van der Waals surface area contributed by atoms with Gasteiger partial charge in [-0.15, -0.1) is 0 Å². The van der Waals surface area contributed by atoms with Gasteiger partial charge in [-0.2, -0.15) is 10.4 Å². The molecule has 188 valence electrons. The van der Waals surface area contributed by atoms with E-state index in [4.69, 9.17) is 28.2 Å². The normalized spacial score (nSPS) is 19.8. The molecule has 36 heavy (non-hydrogen) atoms. The molecule has 1 N–H and O–H groups in total. The minimum Gasteiger partial charge on any atom is -0.396 e. The zero-order chi connectivity index (χ0) is 25.4. The predicted molar refractivity (Wildman–Crippen MR) is 142 cm³/mol. The van der Waals surface area contributed by atoms with Crippen LogP contribution in [0.25, 0.3) is 16.9 Å². The first-order valence-electron chi connectivity index (χ1n) is 12.3. The number of rotatable bonds is 7. The molecule has 5 rings (SSSR count). The zero-order valence-corrected chi connectivity index (χ0v) is 21.8. The summed E-state index contributed by atoms with van der Waals surface area (Å²) in [6.45, 7) is 10.7. The Balaban J connectivity index is 1.35. The number of hydrogen-bond donors (Lipinski definition) is 1. The Bertz CT molecular complexity index is 1330. The molecule has 0 bridgehead atoms. The lowest BCUT2D eigenvalue weighted by molar-refractivity contribution is 0.0791. The van der Waals surface area contributed by atoms with Crippen LogP contribution in [-0.2, 0) is 0 Å². The van der Waals surface area contributed by atoms with Crippen LogP contribution in [0.5, 0.6) is 0 Å². The van der Waals surface area contributed by atoms with E-state index in [0.29, 0.717) is 50.3 Å². The molecule has 0 radical (unpaired) electrons. The molecule has 2 saturated heterocycles. The summed E-state index contributed by atoms with van der Waals surface area (Å²) in [6, 6.07) is 7.68. The van der Waals surface area contributed by atoms with E-state index in [0.717, 1.165) is 38.4 Å². The highest BCUT2D eigenvalue weighted by Gasteiger charge is 2.37. The van der Waals surface area contributed by atoms with E-state index >= 15 is 0 Å². The summed E-state index contributed by atoms with van der Waals surface area (Å²) in [5.41, 5.74) is 2.26. The van der Waals surface area contributed by atoms with Crippen molar-refractivity contribution < 1.29 is 5.11 Å². The van der Waals surface area contributed by atoms with Crippen molar-refractivity contribution in [3.63, 3.8) is 0 Å². The first-order chi connectivity index (χ1) is 17.4. The minimum atomic E-state index is 0.191. The Morgan fingerprint density at radius 3 is 2.81 bits per heavy atom. The molecule has 3 aromatic rings. The smallest absolute Gasteiger partial charge is 0.190 e. The maximum Gasteiger partial charge on any atom is 0.190 e. The minimum absolute atomic E-state index is 0.191. The average molecular weight is 526 g/mol. The predicted octanol–water partition coefficient (Wildman–Crippen LogP) is 4.44. The average Bonchev–Trinajstić information content (AvgIpc) is 3.21. The third-order valence-electron chi connectivity index (χ3n) is 7.53. The van der Waals surface area contributed by atoms with Gasteiger partial charge in [-0.1, -0.05) is 29.8 Å². The van der Waals surface area contributed by atoms with Gasteiger partial charge >= 0.3 is 0 Å². The number of aliphatic hydroxyl groups is 1. The van der Waals surface area contributed by atoms with Gasteiger partial charge < -0.3 is 14.9 Å². The molecule has 2 atom stereocenters. The second-order valence-corrected chi connectivity index (χ2v) is 10.6. The summed E-state index contributed by atoms with van der Waals surface area (Å²) in [4.78, 5) is 14.1.